The second-order valence-corrected chi connectivity index (χ2v) is 5.85. The lowest BCUT2D eigenvalue weighted by molar-refractivity contribution is -0.0352. The summed E-state index contributed by atoms with van der Waals surface area (Å²) in [7, 11) is 5.44. The van der Waals surface area contributed by atoms with Gasteiger partial charge in [-0.05, 0) is 39.1 Å². The van der Waals surface area contributed by atoms with Gasteiger partial charge in [0, 0.05) is 11.6 Å². The number of rotatable bonds is 4. The molecule has 2 rings (SSSR count). The third-order valence-electron chi connectivity index (χ3n) is 4.62. The molecular weight excluding hydrogens is 257 g/mol. The fraction of sp³-hybridized carbons (Fsp3) is 0.625. The second-order valence-electron chi connectivity index (χ2n) is 5.85. The van der Waals surface area contributed by atoms with Gasteiger partial charge in [0.05, 0.1) is 12.6 Å². The molecule has 3 nitrogen and oxygen atoms in total. The number of likely N-dealkylation sites (N-methyl/N-ethyl adjacent to an activating group) is 1. The molecule has 112 valence electrons. The maximum Gasteiger partial charge on any atom is 0.132 e. The first kappa shape index (κ1) is 15.3. The fourth-order valence-corrected chi connectivity index (χ4v) is 3.28. The molecule has 1 unspecified atom stereocenters. The van der Waals surface area contributed by atoms with Gasteiger partial charge in [-0.15, -0.1) is 0 Å². The molecule has 0 bridgehead atoms. The van der Waals surface area contributed by atoms with Gasteiger partial charge in [0.25, 0.3) is 0 Å². The van der Waals surface area contributed by atoms with Gasteiger partial charge >= 0.3 is 0 Å². The molecule has 1 N–H and O–H groups in total. The van der Waals surface area contributed by atoms with Crippen molar-refractivity contribution in [2.45, 2.75) is 43.7 Å². The first-order valence-electron chi connectivity index (χ1n) is 7.20. The fourth-order valence-electron chi connectivity index (χ4n) is 3.28. The van der Waals surface area contributed by atoms with Crippen molar-refractivity contribution < 1.29 is 14.2 Å². The molecule has 1 aliphatic carbocycles. The van der Waals surface area contributed by atoms with Crippen molar-refractivity contribution in [3.8, 4) is 5.75 Å². The molecule has 1 atom stereocenters. The molecule has 1 saturated carbocycles. The lowest BCUT2D eigenvalue weighted by atomic mass is 9.74. The largest absolute Gasteiger partial charge is 0.497 e. The summed E-state index contributed by atoms with van der Waals surface area (Å²) in [4.78, 5) is 2.06. The highest BCUT2D eigenvalue weighted by Gasteiger charge is 2.42. The highest BCUT2D eigenvalue weighted by Crippen LogP contribution is 2.42. The Bertz CT molecular complexity index is 456. The zero-order valence-corrected chi connectivity index (χ0v) is 12.5. The molecule has 20 heavy (non-hydrogen) atoms. The van der Waals surface area contributed by atoms with E-state index < -0.39 is 11.9 Å². The molecule has 0 radical (unpaired) electrons. The van der Waals surface area contributed by atoms with Gasteiger partial charge in [-0.2, -0.15) is 0 Å². The molecule has 1 aliphatic rings. The third kappa shape index (κ3) is 2.67. The van der Waals surface area contributed by atoms with Crippen LogP contribution >= 0.6 is 0 Å². The van der Waals surface area contributed by atoms with Crippen LogP contribution in [0.5, 0.6) is 5.75 Å². The number of nitrogens with zero attached hydrogens (tertiary/aromatic N) is 1. The molecule has 1 aromatic carbocycles. The minimum Gasteiger partial charge on any atom is -0.497 e. The van der Waals surface area contributed by atoms with Crippen molar-refractivity contribution in [2.75, 3.05) is 21.2 Å². The molecule has 0 spiro atoms. The Morgan fingerprint density at radius 3 is 2.40 bits per heavy atom. The molecule has 1 aromatic rings. The van der Waals surface area contributed by atoms with Crippen molar-refractivity contribution in [3.63, 3.8) is 0 Å². The van der Waals surface area contributed by atoms with E-state index in [0.717, 1.165) is 25.7 Å². The maximum atomic E-state index is 14.2. The number of methoxy groups -OCH3 is 1. The zero-order chi connectivity index (χ0) is 14.8. The molecule has 0 aliphatic heterocycles. The van der Waals surface area contributed by atoms with Crippen molar-refractivity contribution >= 4 is 0 Å². The molecule has 0 saturated heterocycles. The van der Waals surface area contributed by atoms with Gasteiger partial charge in [0.2, 0.25) is 0 Å². The first-order chi connectivity index (χ1) is 9.51. The van der Waals surface area contributed by atoms with E-state index in [1.165, 1.54) is 19.6 Å². The maximum absolute atomic E-state index is 14.2. The van der Waals surface area contributed by atoms with Crippen LogP contribution in [0.1, 0.15) is 43.8 Å². The quantitative estimate of drug-likeness (QED) is 0.920. The summed E-state index contributed by atoms with van der Waals surface area (Å²) in [5, 5.41) is 10.8. The summed E-state index contributed by atoms with van der Waals surface area (Å²) < 4.78 is 19.2. The summed E-state index contributed by atoms with van der Waals surface area (Å²) >= 11 is 0. The summed E-state index contributed by atoms with van der Waals surface area (Å²) in [5.41, 5.74) is -0.00498. The van der Waals surface area contributed by atoms with E-state index in [-0.39, 0.29) is 5.54 Å². The van der Waals surface area contributed by atoms with E-state index >= 15 is 0 Å². The van der Waals surface area contributed by atoms with Crippen LogP contribution in [0.2, 0.25) is 0 Å². The van der Waals surface area contributed by atoms with Gasteiger partial charge in [-0.3, -0.25) is 0 Å². The Morgan fingerprint density at radius 1 is 1.25 bits per heavy atom. The Labute approximate surface area is 120 Å². The molecule has 0 aromatic heterocycles. The van der Waals surface area contributed by atoms with Crippen LogP contribution in [-0.4, -0.2) is 36.8 Å². The number of aliphatic hydroxyl groups is 1. The predicted octanol–water partition coefficient (Wildman–Crippen LogP) is 3.13. The monoisotopic (exact) mass is 281 g/mol. The number of hydrogen-bond donors (Lipinski definition) is 1. The number of ether oxygens (including phenoxy) is 1. The van der Waals surface area contributed by atoms with Crippen molar-refractivity contribution in [2.24, 2.45) is 0 Å². The zero-order valence-electron chi connectivity index (χ0n) is 12.5. The van der Waals surface area contributed by atoms with Crippen LogP contribution in [-0.2, 0) is 0 Å². The SMILES string of the molecule is COc1ccc(C(O)C2(N(C)C)CCCCC2)c(F)c1. The van der Waals surface area contributed by atoms with E-state index in [0.29, 0.717) is 11.3 Å². The van der Waals surface area contributed by atoms with Crippen LogP contribution in [0.15, 0.2) is 18.2 Å². The average molecular weight is 281 g/mol. The summed E-state index contributed by atoms with van der Waals surface area (Å²) in [6, 6.07) is 4.68. The number of benzene rings is 1. The van der Waals surface area contributed by atoms with Gasteiger partial charge in [-0.1, -0.05) is 19.3 Å². The Hall–Kier alpha value is -1.13. The Balaban J connectivity index is 2.34. The first-order valence-corrected chi connectivity index (χ1v) is 7.20. The minimum absolute atomic E-state index is 0.362. The number of aliphatic hydroxyl groups excluding tert-OH is 1. The van der Waals surface area contributed by atoms with E-state index in [4.69, 9.17) is 4.74 Å². The smallest absolute Gasteiger partial charge is 0.132 e. The summed E-state index contributed by atoms with van der Waals surface area (Å²) in [6.07, 6.45) is 4.32. The Kier molecular flexibility index (Phi) is 4.66. The summed E-state index contributed by atoms with van der Waals surface area (Å²) in [6.45, 7) is 0. The van der Waals surface area contributed by atoms with E-state index in [9.17, 15) is 9.50 Å². The van der Waals surface area contributed by atoms with Crippen LogP contribution in [0.4, 0.5) is 4.39 Å². The molecule has 0 heterocycles. The van der Waals surface area contributed by atoms with Crippen LogP contribution in [0.3, 0.4) is 0 Å². The lowest BCUT2D eigenvalue weighted by Crippen LogP contribution is -2.50. The van der Waals surface area contributed by atoms with Gasteiger partial charge in [0.1, 0.15) is 17.7 Å². The third-order valence-corrected chi connectivity index (χ3v) is 4.62. The van der Waals surface area contributed by atoms with E-state index in [1.807, 2.05) is 14.1 Å². The number of halogens is 1. The van der Waals surface area contributed by atoms with Gasteiger partial charge in [0.15, 0.2) is 0 Å². The number of hydrogen-bond acceptors (Lipinski definition) is 3. The van der Waals surface area contributed by atoms with Crippen molar-refractivity contribution in [1.82, 2.24) is 4.90 Å². The predicted molar refractivity (Wildman–Crippen MR) is 77.4 cm³/mol. The Morgan fingerprint density at radius 2 is 1.90 bits per heavy atom. The standard InChI is InChI=1S/C16H24FNO2/c1-18(2)16(9-5-4-6-10-16)15(19)13-8-7-12(20-3)11-14(13)17/h7-8,11,15,19H,4-6,9-10H2,1-3H3. The molecular formula is C16H24FNO2. The highest BCUT2D eigenvalue weighted by atomic mass is 19.1. The normalized spacial score (nSPS) is 19.9. The van der Waals surface area contributed by atoms with E-state index in [2.05, 4.69) is 4.90 Å². The van der Waals surface area contributed by atoms with Crippen molar-refractivity contribution in [3.05, 3.63) is 29.6 Å². The summed E-state index contributed by atoms with van der Waals surface area (Å²) in [5.74, 6) is 0.0737. The topological polar surface area (TPSA) is 32.7 Å². The highest BCUT2D eigenvalue weighted by molar-refractivity contribution is 5.32. The van der Waals surface area contributed by atoms with Crippen LogP contribution in [0, 0.1) is 5.82 Å². The minimum atomic E-state index is -0.816. The van der Waals surface area contributed by atoms with Gasteiger partial charge < -0.3 is 14.7 Å². The lowest BCUT2D eigenvalue weighted by Gasteiger charge is -2.46. The van der Waals surface area contributed by atoms with E-state index in [1.54, 1.807) is 12.1 Å². The molecule has 1 fully saturated rings. The molecule has 4 heteroatoms. The second kappa shape index (κ2) is 6.10. The molecule has 0 amide bonds. The van der Waals surface area contributed by atoms with Gasteiger partial charge in [-0.25, -0.2) is 4.39 Å². The van der Waals surface area contributed by atoms with Crippen molar-refractivity contribution in [1.29, 1.82) is 0 Å². The van der Waals surface area contributed by atoms with Crippen LogP contribution in [0.25, 0.3) is 0 Å². The average Bonchev–Trinajstić information content (AvgIpc) is 2.47. The van der Waals surface area contributed by atoms with Crippen LogP contribution < -0.4 is 4.74 Å².